The van der Waals surface area contributed by atoms with Crippen LogP contribution >= 0.6 is 12.6 Å². The minimum absolute atomic E-state index is 0.312. The summed E-state index contributed by atoms with van der Waals surface area (Å²) in [5.41, 5.74) is 0.312. The molecule has 0 saturated carbocycles. The Balaban J connectivity index is 3.54. The SMILES string of the molecule is CCCCCOCC(CS)C(C)(C)C. The Morgan fingerprint density at radius 1 is 1.21 bits per heavy atom. The summed E-state index contributed by atoms with van der Waals surface area (Å²) in [6.45, 7) is 10.7. The predicted octanol–water partition coefficient (Wildman–Crippen LogP) is 3.79. The van der Waals surface area contributed by atoms with Crippen molar-refractivity contribution in [2.75, 3.05) is 19.0 Å². The molecule has 1 unspecified atom stereocenters. The van der Waals surface area contributed by atoms with E-state index < -0.39 is 0 Å². The molecule has 1 atom stereocenters. The van der Waals surface area contributed by atoms with Gasteiger partial charge >= 0.3 is 0 Å². The Kier molecular flexibility index (Phi) is 7.75. The summed E-state index contributed by atoms with van der Waals surface area (Å²) in [7, 11) is 0. The van der Waals surface area contributed by atoms with Crippen molar-refractivity contribution in [3.8, 4) is 0 Å². The number of hydrogen-bond donors (Lipinski definition) is 1. The van der Waals surface area contributed by atoms with Gasteiger partial charge in [0.25, 0.3) is 0 Å². The van der Waals surface area contributed by atoms with Crippen molar-refractivity contribution in [1.29, 1.82) is 0 Å². The van der Waals surface area contributed by atoms with E-state index in [0.717, 1.165) is 19.0 Å². The van der Waals surface area contributed by atoms with Gasteiger partial charge in [0.15, 0.2) is 0 Å². The maximum absolute atomic E-state index is 5.67. The molecule has 14 heavy (non-hydrogen) atoms. The third-order valence-corrected chi connectivity index (χ3v) is 3.10. The van der Waals surface area contributed by atoms with E-state index in [1.54, 1.807) is 0 Å². The average Bonchev–Trinajstić information content (AvgIpc) is 2.09. The standard InChI is InChI=1S/C12H26OS/c1-5-6-7-8-13-9-11(10-14)12(2,3)4/h11,14H,5-10H2,1-4H3. The maximum atomic E-state index is 5.67. The molecule has 0 aliphatic carbocycles. The van der Waals surface area contributed by atoms with E-state index in [0.29, 0.717) is 11.3 Å². The highest BCUT2D eigenvalue weighted by atomic mass is 32.1. The molecule has 0 aromatic rings. The highest BCUT2D eigenvalue weighted by Crippen LogP contribution is 2.26. The minimum Gasteiger partial charge on any atom is -0.381 e. The van der Waals surface area contributed by atoms with Gasteiger partial charge < -0.3 is 4.74 Å². The van der Waals surface area contributed by atoms with Crippen LogP contribution in [0.1, 0.15) is 47.0 Å². The van der Waals surface area contributed by atoms with E-state index in [4.69, 9.17) is 4.74 Å². The highest BCUT2D eigenvalue weighted by molar-refractivity contribution is 7.80. The van der Waals surface area contributed by atoms with Crippen LogP contribution in [0.3, 0.4) is 0 Å². The molecule has 1 nitrogen and oxygen atoms in total. The molecule has 86 valence electrons. The number of ether oxygens (including phenoxy) is 1. The Labute approximate surface area is 95.0 Å². The van der Waals surface area contributed by atoms with Gasteiger partial charge in [0.1, 0.15) is 0 Å². The lowest BCUT2D eigenvalue weighted by Gasteiger charge is -2.29. The minimum atomic E-state index is 0.312. The van der Waals surface area contributed by atoms with Gasteiger partial charge in [-0.25, -0.2) is 0 Å². The number of hydrogen-bond acceptors (Lipinski definition) is 2. The first-order chi connectivity index (χ1) is 6.52. The molecule has 0 N–H and O–H groups in total. The normalized spacial score (nSPS) is 14.4. The van der Waals surface area contributed by atoms with Crippen LogP contribution < -0.4 is 0 Å². The second-order valence-electron chi connectivity index (χ2n) is 5.03. The van der Waals surface area contributed by atoms with Crippen molar-refractivity contribution >= 4 is 12.6 Å². The van der Waals surface area contributed by atoms with Crippen molar-refractivity contribution in [3.63, 3.8) is 0 Å². The molecule has 0 amide bonds. The first-order valence-corrected chi connectivity index (χ1v) is 6.34. The molecule has 0 heterocycles. The van der Waals surface area contributed by atoms with E-state index in [1.165, 1.54) is 19.3 Å². The Morgan fingerprint density at radius 3 is 2.29 bits per heavy atom. The lowest BCUT2D eigenvalue weighted by Crippen LogP contribution is -2.27. The maximum Gasteiger partial charge on any atom is 0.0507 e. The summed E-state index contributed by atoms with van der Waals surface area (Å²) in [4.78, 5) is 0. The van der Waals surface area contributed by atoms with Crippen molar-refractivity contribution in [3.05, 3.63) is 0 Å². The fourth-order valence-corrected chi connectivity index (χ4v) is 1.91. The van der Waals surface area contributed by atoms with Crippen molar-refractivity contribution < 1.29 is 4.74 Å². The first kappa shape index (κ1) is 14.3. The molecule has 0 radical (unpaired) electrons. The van der Waals surface area contributed by atoms with Gasteiger partial charge in [-0.1, -0.05) is 40.5 Å². The topological polar surface area (TPSA) is 9.23 Å². The smallest absolute Gasteiger partial charge is 0.0507 e. The van der Waals surface area contributed by atoms with E-state index in [2.05, 4.69) is 40.3 Å². The summed E-state index contributed by atoms with van der Waals surface area (Å²) in [5, 5.41) is 0. The Morgan fingerprint density at radius 2 is 1.86 bits per heavy atom. The van der Waals surface area contributed by atoms with Gasteiger partial charge in [-0.3, -0.25) is 0 Å². The Bertz CT molecular complexity index is 129. The molecule has 0 aromatic carbocycles. The molecule has 0 aromatic heterocycles. The quantitative estimate of drug-likeness (QED) is 0.505. The van der Waals surface area contributed by atoms with Crippen LogP contribution in [-0.2, 0) is 4.74 Å². The van der Waals surface area contributed by atoms with E-state index in [9.17, 15) is 0 Å². The molecule has 0 bridgehead atoms. The summed E-state index contributed by atoms with van der Waals surface area (Å²) < 4.78 is 5.67. The number of thiol groups is 1. The summed E-state index contributed by atoms with van der Waals surface area (Å²) >= 11 is 4.37. The Hall–Kier alpha value is 0.310. The molecule has 0 fully saturated rings. The lowest BCUT2D eigenvalue weighted by atomic mass is 9.82. The van der Waals surface area contributed by atoms with Gasteiger partial charge in [-0.2, -0.15) is 12.6 Å². The van der Waals surface area contributed by atoms with Gasteiger partial charge in [0, 0.05) is 6.61 Å². The largest absolute Gasteiger partial charge is 0.381 e. The van der Waals surface area contributed by atoms with Crippen LogP contribution in [0.5, 0.6) is 0 Å². The van der Waals surface area contributed by atoms with Crippen LogP contribution in [0.25, 0.3) is 0 Å². The predicted molar refractivity (Wildman–Crippen MR) is 67.1 cm³/mol. The fourth-order valence-electron chi connectivity index (χ4n) is 1.26. The van der Waals surface area contributed by atoms with Crippen LogP contribution in [0, 0.1) is 11.3 Å². The van der Waals surface area contributed by atoms with E-state index in [1.807, 2.05) is 0 Å². The third-order valence-electron chi connectivity index (χ3n) is 2.66. The lowest BCUT2D eigenvalue weighted by molar-refractivity contribution is 0.0642. The summed E-state index contributed by atoms with van der Waals surface area (Å²) in [5.74, 6) is 1.48. The molecular formula is C12H26OS. The first-order valence-electron chi connectivity index (χ1n) is 5.71. The van der Waals surface area contributed by atoms with Gasteiger partial charge in [0.2, 0.25) is 0 Å². The second-order valence-corrected chi connectivity index (χ2v) is 5.39. The van der Waals surface area contributed by atoms with Gasteiger partial charge in [-0.15, -0.1) is 0 Å². The van der Waals surface area contributed by atoms with Crippen LogP contribution in [0.2, 0.25) is 0 Å². The molecule has 0 spiro atoms. The zero-order chi connectivity index (χ0) is 11.0. The molecule has 2 heteroatoms. The molecule has 0 saturated heterocycles. The van der Waals surface area contributed by atoms with Crippen molar-refractivity contribution in [2.45, 2.75) is 47.0 Å². The van der Waals surface area contributed by atoms with Gasteiger partial charge in [-0.05, 0) is 23.5 Å². The van der Waals surface area contributed by atoms with Gasteiger partial charge in [0.05, 0.1) is 6.61 Å². The average molecular weight is 218 g/mol. The number of rotatable bonds is 7. The summed E-state index contributed by atoms with van der Waals surface area (Å²) in [6.07, 6.45) is 3.74. The fraction of sp³-hybridized carbons (Fsp3) is 1.00. The monoisotopic (exact) mass is 218 g/mol. The van der Waals surface area contributed by atoms with Crippen molar-refractivity contribution in [1.82, 2.24) is 0 Å². The summed E-state index contributed by atoms with van der Waals surface area (Å²) in [6, 6.07) is 0. The van der Waals surface area contributed by atoms with Crippen LogP contribution in [0.4, 0.5) is 0 Å². The zero-order valence-electron chi connectivity index (χ0n) is 10.2. The third kappa shape index (κ3) is 6.72. The zero-order valence-corrected chi connectivity index (χ0v) is 11.1. The van der Waals surface area contributed by atoms with Crippen LogP contribution in [-0.4, -0.2) is 19.0 Å². The van der Waals surface area contributed by atoms with Crippen LogP contribution in [0.15, 0.2) is 0 Å². The molecule has 0 rings (SSSR count). The van der Waals surface area contributed by atoms with Crippen molar-refractivity contribution in [2.24, 2.45) is 11.3 Å². The molecule has 0 aliphatic heterocycles. The van der Waals surface area contributed by atoms with E-state index in [-0.39, 0.29) is 0 Å². The second kappa shape index (κ2) is 7.58. The van der Waals surface area contributed by atoms with E-state index >= 15 is 0 Å². The highest BCUT2D eigenvalue weighted by Gasteiger charge is 2.23. The number of unbranched alkanes of at least 4 members (excludes halogenated alkanes) is 2. The molecular weight excluding hydrogens is 192 g/mol. The molecule has 0 aliphatic rings.